The summed E-state index contributed by atoms with van der Waals surface area (Å²) >= 11 is 0. The van der Waals surface area contributed by atoms with Crippen LogP contribution in [0, 0.1) is 0 Å². The van der Waals surface area contributed by atoms with Crippen molar-refractivity contribution >= 4 is 17.9 Å². The molecule has 0 saturated carbocycles. The number of nitrogens with zero attached hydrogens (tertiary/aromatic N) is 1. The third-order valence-corrected chi connectivity index (χ3v) is 9.70. The maximum absolute atomic E-state index is 12.7. The molecule has 0 fully saturated rings. The van der Waals surface area contributed by atoms with E-state index in [0.29, 0.717) is 6.42 Å². The van der Waals surface area contributed by atoms with E-state index in [1.165, 1.54) is 83.5 Å². The zero-order valence-electron chi connectivity index (χ0n) is 36.1. The van der Waals surface area contributed by atoms with E-state index in [2.05, 4.69) is 62.5 Å². The average molecular weight is 774 g/mol. The fourth-order valence-corrected chi connectivity index (χ4v) is 6.26. The van der Waals surface area contributed by atoms with Crippen molar-refractivity contribution in [1.82, 2.24) is 0 Å². The second-order valence-electron chi connectivity index (χ2n) is 15.9. The normalized spacial score (nSPS) is 13.4. The molecule has 0 N–H and O–H groups in total. The number of hydrogen-bond donors (Lipinski definition) is 0. The van der Waals surface area contributed by atoms with E-state index < -0.39 is 18.1 Å². The van der Waals surface area contributed by atoms with Crippen LogP contribution in [0.25, 0.3) is 0 Å². The second kappa shape index (κ2) is 38.2. The summed E-state index contributed by atoms with van der Waals surface area (Å²) in [5.41, 5.74) is 0. The number of allylic oxidation sites excluding steroid dienone is 8. The van der Waals surface area contributed by atoms with E-state index in [-0.39, 0.29) is 49.1 Å². The van der Waals surface area contributed by atoms with Crippen LogP contribution in [0.2, 0.25) is 0 Å². The number of ether oxygens (including phenoxy) is 3. The summed E-state index contributed by atoms with van der Waals surface area (Å²) in [7, 11) is 5.39. The highest BCUT2D eigenvalue weighted by Gasteiger charge is 2.25. The molecule has 2 atom stereocenters. The SMILES string of the molecule is CC/C=C\C/C=C\C/C=C\CCCCCC(=O)OC(COCCC(C(=O)[O-])[N+](C)(C)C)COC(=O)CCCCCCCCC/C=C\CCCCCCCCC. The van der Waals surface area contributed by atoms with Gasteiger partial charge in [0.15, 0.2) is 6.10 Å². The van der Waals surface area contributed by atoms with Gasteiger partial charge in [-0.05, 0) is 70.6 Å². The maximum atomic E-state index is 12.7. The number of esters is 2. The van der Waals surface area contributed by atoms with Gasteiger partial charge in [-0.1, -0.05) is 140 Å². The Bertz CT molecular complexity index is 1040. The predicted octanol–water partition coefficient (Wildman–Crippen LogP) is 10.7. The third kappa shape index (κ3) is 36.7. The van der Waals surface area contributed by atoms with E-state index in [1.807, 2.05) is 0 Å². The number of aliphatic carboxylic acids is 1. The predicted molar refractivity (Wildman–Crippen MR) is 226 cm³/mol. The van der Waals surface area contributed by atoms with Crippen LogP contribution < -0.4 is 5.11 Å². The quantitative estimate of drug-likeness (QED) is 0.0265. The second-order valence-corrected chi connectivity index (χ2v) is 15.9. The number of rotatable bonds is 39. The molecule has 0 saturated heterocycles. The van der Waals surface area contributed by atoms with Gasteiger partial charge in [0.05, 0.1) is 40.3 Å². The van der Waals surface area contributed by atoms with Crippen LogP contribution in [0.15, 0.2) is 48.6 Å². The number of unbranched alkanes of at least 4 members (excludes halogenated alkanes) is 17. The van der Waals surface area contributed by atoms with E-state index in [4.69, 9.17) is 14.2 Å². The van der Waals surface area contributed by atoms with Gasteiger partial charge in [0.2, 0.25) is 0 Å². The third-order valence-electron chi connectivity index (χ3n) is 9.70. The lowest BCUT2D eigenvalue weighted by molar-refractivity contribution is -0.889. The van der Waals surface area contributed by atoms with Crippen LogP contribution in [0.4, 0.5) is 0 Å². The smallest absolute Gasteiger partial charge is 0.306 e. The highest BCUT2D eigenvalue weighted by molar-refractivity contribution is 5.70. The monoisotopic (exact) mass is 774 g/mol. The van der Waals surface area contributed by atoms with Gasteiger partial charge in [-0.2, -0.15) is 0 Å². The Morgan fingerprint density at radius 2 is 1.02 bits per heavy atom. The van der Waals surface area contributed by atoms with E-state index in [1.54, 1.807) is 21.1 Å². The zero-order chi connectivity index (χ0) is 40.7. The van der Waals surface area contributed by atoms with Crippen LogP contribution in [0.1, 0.15) is 181 Å². The number of carboxylic acids is 1. The Balaban J connectivity index is 4.35. The molecule has 0 aromatic heterocycles. The Morgan fingerprint density at radius 1 is 0.564 bits per heavy atom. The minimum atomic E-state index is -1.13. The van der Waals surface area contributed by atoms with Gasteiger partial charge in [0.25, 0.3) is 0 Å². The van der Waals surface area contributed by atoms with Crippen molar-refractivity contribution < 1.29 is 38.2 Å². The fourth-order valence-electron chi connectivity index (χ4n) is 6.26. The molecule has 8 nitrogen and oxygen atoms in total. The summed E-state index contributed by atoms with van der Waals surface area (Å²) in [5, 5.41) is 11.6. The van der Waals surface area contributed by atoms with Crippen molar-refractivity contribution in [2.24, 2.45) is 0 Å². The molecule has 0 heterocycles. The Hall–Kier alpha value is -2.71. The molecule has 8 heteroatoms. The van der Waals surface area contributed by atoms with Crippen LogP contribution in [0.3, 0.4) is 0 Å². The Kier molecular flexibility index (Phi) is 36.3. The van der Waals surface area contributed by atoms with Gasteiger partial charge in [-0.3, -0.25) is 9.59 Å². The fraction of sp³-hybridized carbons (Fsp3) is 0.766. The topological polar surface area (TPSA) is 102 Å². The standard InChI is InChI=1S/C47H83NO7/c1-6-8-10-12-14-16-18-20-21-22-23-24-26-27-29-31-33-35-37-45(49)54-42-43(41-53-40-39-44(47(51)52)48(3,4)5)55-46(50)38-36-34-32-30-28-25-19-17-15-13-11-9-7-2/h9,11,15,17,21-22,25,28,43-44H,6-8,10,12-14,16,18-20,23-24,26-27,29-42H2,1-5H3/b11-9-,17-15-,22-21-,28-25-. The number of hydrogen-bond acceptors (Lipinski definition) is 7. The van der Waals surface area contributed by atoms with E-state index in [0.717, 1.165) is 64.2 Å². The molecule has 0 bridgehead atoms. The van der Waals surface area contributed by atoms with Crippen molar-refractivity contribution in [3.63, 3.8) is 0 Å². The first kappa shape index (κ1) is 52.3. The average Bonchev–Trinajstić information content (AvgIpc) is 3.14. The molecular weight excluding hydrogens is 691 g/mol. The first-order valence-electron chi connectivity index (χ1n) is 22.2. The van der Waals surface area contributed by atoms with Crippen molar-refractivity contribution in [2.45, 2.75) is 193 Å². The number of carbonyl (C=O) groups is 3. The highest BCUT2D eigenvalue weighted by atomic mass is 16.6. The zero-order valence-corrected chi connectivity index (χ0v) is 36.1. The van der Waals surface area contributed by atoms with Crippen LogP contribution >= 0.6 is 0 Å². The number of quaternary nitrogens is 1. The van der Waals surface area contributed by atoms with Gasteiger partial charge in [-0.25, -0.2) is 0 Å². The van der Waals surface area contributed by atoms with Gasteiger partial charge in [0, 0.05) is 19.3 Å². The number of likely N-dealkylation sites (N-methyl/N-ethyl adjacent to an activating group) is 1. The van der Waals surface area contributed by atoms with Crippen molar-refractivity contribution in [1.29, 1.82) is 0 Å². The summed E-state index contributed by atoms with van der Waals surface area (Å²) in [4.78, 5) is 36.8. The van der Waals surface area contributed by atoms with Crippen LogP contribution in [-0.4, -0.2) is 75.5 Å². The molecule has 0 spiro atoms. The summed E-state index contributed by atoms with van der Waals surface area (Å²) in [5.74, 6) is -1.78. The van der Waals surface area contributed by atoms with Gasteiger partial charge in [-0.15, -0.1) is 0 Å². The molecule has 0 amide bonds. The van der Waals surface area contributed by atoms with Gasteiger partial charge >= 0.3 is 11.9 Å². The molecule has 0 aliphatic rings. The molecule has 55 heavy (non-hydrogen) atoms. The Morgan fingerprint density at radius 3 is 1.55 bits per heavy atom. The van der Waals surface area contributed by atoms with Crippen LogP contribution in [0.5, 0.6) is 0 Å². The first-order chi connectivity index (χ1) is 26.6. The summed E-state index contributed by atoms with van der Waals surface area (Å²) in [6, 6.07) is -0.732. The highest BCUT2D eigenvalue weighted by Crippen LogP contribution is 2.13. The number of carboxylic acid groups (broad SMARTS) is 1. The summed E-state index contributed by atoms with van der Waals surface area (Å²) in [6.45, 7) is 4.51. The van der Waals surface area contributed by atoms with Gasteiger partial charge in [0.1, 0.15) is 12.6 Å². The summed E-state index contributed by atoms with van der Waals surface area (Å²) < 4.78 is 17.1. The molecule has 0 rings (SSSR count). The lowest BCUT2D eigenvalue weighted by Gasteiger charge is -2.34. The molecule has 0 aromatic rings. The molecule has 0 aliphatic heterocycles. The minimum Gasteiger partial charge on any atom is -0.544 e. The largest absolute Gasteiger partial charge is 0.544 e. The lowest BCUT2D eigenvalue weighted by Crippen LogP contribution is -2.55. The number of carbonyl (C=O) groups excluding carboxylic acids is 3. The minimum absolute atomic E-state index is 0.0268. The van der Waals surface area contributed by atoms with Crippen molar-refractivity contribution in [3.05, 3.63) is 48.6 Å². The molecule has 2 unspecified atom stereocenters. The van der Waals surface area contributed by atoms with E-state index >= 15 is 0 Å². The Labute approximate surface area is 337 Å². The molecule has 0 radical (unpaired) electrons. The van der Waals surface area contributed by atoms with Gasteiger partial charge < -0.3 is 28.6 Å². The molecular formula is C47H83NO7. The van der Waals surface area contributed by atoms with Crippen molar-refractivity contribution in [3.8, 4) is 0 Å². The van der Waals surface area contributed by atoms with Crippen LogP contribution in [-0.2, 0) is 28.6 Å². The maximum Gasteiger partial charge on any atom is 0.306 e. The molecule has 0 aromatic carbocycles. The van der Waals surface area contributed by atoms with Crippen molar-refractivity contribution in [2.75, 3.05) is 41.0 Å². The summed E-state index contributed by atoms with van der Waals surface area (Å²) in [6.07, 6.45) is 44.2. The van der Waals surface area contributed by atoms with E-state index in [9.17, 15) is 19.5 Å². The molecule has 318 valence electrons. The lowest BCUT2D eigenvalue weighted by atomic mass is 10.1. The molecule has 0 aliphatic carbocycles. The first-order valence-corrected chi connectivity index (χ1v) is 22.2.